The molecule has 1 aromatic rings. The largest absolute Gasteiger partial charge is 0.574 e. The number of nitrogens with zero attached hydrogens (tertiary/aromatic N) is 2. The lowest BCUT2D eigenvalue weighted by Gasteiger charge is -2.14. The van der Waals surface area contributed by atoms with Gasteiger partial charge in [0, 0.05) is 11.8 Å². The second-order valence-electron chi connectivity index (χ2n) is 3.40. The smallest absolute Gasteiger partial charge is 0.481 e. The maximum absolute atomic E-state index is 12.6. The third kappa shape index (κ3) is 3.78. The second-order valence-corrected chi connectivity index (χ2v) is 3.40. The van der Waals surface area contributed by atoms with Crippen molar-refractivity contribution in [3.05, 3.63) is 22.9 Å². The van der Waals surface area contributed by atoms with Crippen molar-refractivity contribution in [1.29, 1.82) is 5.26 Å². The van der Waals surface area contributed by atoms with Gasteiger partial charge >= 0.3 is 12.3 Å². The SMILES string of the molecule is N#Cc1c(C(F)F)cnc(OC(F)(F)F)c1CC(=O)O. The molecule has 5 nitrogen and oxygen atoms in total. The van der Waals surface area contributed by atoms with Gasteiger partial charge in [0.15, 0.2) is 0 Å². The van der Waals surface area contributed by atoms with Crippen molar-refractivity contribution >= 4 is 5.97 Å². The number of aliphatic carboxylic acids is 1. The van der Waals surface area contributed by atoms with E-state index in [0.29, 0.717) is 6.20 Å². The van der Waals surface area contributed by atoms with Crippen LogP contribution in [0.15, 0.2) is 6.20 Å². The Kier molecular flexibility index (Phi) is 4.44. The topological polar surface area (TPSA) is 83.2 Å². The van der Waals surface area contributed by atoms with Crippen LogP contribution in [0, 0.1) is 11.3 Å². The number of hydrogen-bond donors (Lipinski definition) is 1. The highest BCUT2D eigenvalue weighted by molar-refractivity contribution is 5.72. The molecule has 0 saturated heterocycles. The van der Waals surface area contributed by atoms with Crippen molar-refractivity contribution in [3.8, 4) is 11.9 Å². The molecule has 0 unspecified atom stereocenters. The fraction of sp³-hybridized carbons (Fsp3) is 0.300. The third-order valence-corrected chi connectivity index (χ3v) is 2.06. The van der Waals surface area contributed by atoms with E-state index in [0.717, 1.165) is 0 Å². The number of carboxylic acids is 1. The fourth-order valence-electron chi connectivity index (χ4n) is 1.36. The summed E-state index contributed by atoms with van der Waals surface area (Å²) in [6, 6.07) is 1.25. The van der Waals surface area contributed by atoms with E-state index < -0.39 is 47.7 Å². The van der Waals surface area contributed by atoms with Gasteiger partial charge in [0.25, 0.3) is 6.43 Å². The lowest BCUT2D eigenvalue weighted by atomic mass is 10.0. The molecule has 1 N–H and O–H groups in total. The summed E-state index contributed by atoms with van der Waals surface area (Å²) in [4.78, 5) is 13.6. The van der Waals surface area contributed by atoms with Gasteiger partial charge in [0.2, 0.25) is 5.88 Å². The predicted octanol–water partition coefficient (Wildman–Crippen LogP) is 2.42. The lowest BCUT2D eigenvalue weighted by molar-refractivity contribution is -0.276. The summed E-state index contributed by atoms with van der Waals surface area (Å²) >= 11 is 0. The van der Waals surface area contributed by atoms with Crippen LogP contribution in [0.1, 0.15) is 23.1 Å². The Morgan fingerprint density at radius 3 is 2.50 bits per heavy atom. The number of nitriles is 1. The van der Waals surface area contributed by atoms with Gasteiger partial charge in [0.1, 0.15) is 6.07 Å². The average molecular weight is 296 g/mol. The van der Waals surface area contributed by atoms with Crippen LogP contribution in [0.4, 0.5) is 22.0 Å². The Bertz CT molecular complexity index is 565. The number of ether oxygens (including phenoxy) is 1. The first-order valence-electron chi connectivity index (χ1n) is 4.83. The summed E-state index contributed by atoms with van der Waals surface area (Å²) in [6.45, 7) is 0. The highest BCUT2D eigenvalue weighted by atomic mass is 19.4. The van der Waals surface area contributed by atoms with Crippen molar-refractivity contribution < 1.29 is 36.6 Å². The number of alkyl halides is 5. The summed E-state index contributed by atoms with van der Waals surface area (Å²) in [5.41, 5.74) is -2.70. The first-order valence-corrected chi connectivity index (χ1v) is 4.83. The Morgan fingerprint density at radius 2 is 2.10 bits per heavy atom. The van der Waals surface area contributed by atoms with Crippen LogP contribution in [-0.4, -0.2) is 22.4 Å². The number of hydrogen-bond acceptors (Lipinski definition) is 4. The number of rotatable bonds is 4. The number of aromatic nitrogens is 1. The third-order valence-electron chi connectivity index (χ3n) is 2.06. The molecular weight excluding hydrogens is 291 g/mol. The minimum Gasteiger partial charge on any atom is -0.481 e. The monoisotopic (exact) mass is 296 g/mol. The van der Waals surface area contributed by atoms with E-state index in [1.807, 2.05) is 0 Å². The zero-order chi connectivity index (χ0) is 15.5. The summed E-state index contributed by atoms with van der Waals surface area (Å²) in [7, 11) is 0. The Morgan fingerprint density at radius 1 is 1.50 bits per heavy atom. The van der Waals surface area contributed by atoms with Crippen molar-refractivity contribution in [2.75, 3.05) is 0 Å². The number of carboxylic acid groups (broad SMARTS) is 1. The molecule has 0 spiro atoms. The minimum atomic E-state index is -5.20. The molecule has 0 aromatic carbocycles. The maximum Gasteiger partial charge on any atom is 0.574 e. The van der Waals surface area contributed by atoms with Crippen LogP contribution in [0.3, 0.4) is 0 Å². The summed E-state index contributed by atoms with van der Waals surface area (Å²) < 4.78 is 65.0. The molecule has 1 rings (SSSR count). The molecule has 0 aliphatic heterocycles. The second kappa shape index (κ2) is 5.68. The number of pyridine rings is 1. The van der Waals surface area contributed by atoms with Gasteiger partial charge < -0.3 is 9.84 Å². The van der Waals surface area contributed by atoms with Crippen molar-refractivity contribution in [3.63, 3.8) is 0 Å². The first kappa shape index (κ1) is 15.6. The number of carbonyl (C=O) groups is 1. The molecule has 0 aliphatic carbocycles. The van der Waals surface area contributed by atoms with Crippen LogP contribution in [0.2, 0.25) is 0 Å². The first-order chi connectivity index (χ1) is 9.15. The minimum absolute atomic E-state index is 0.343. The van der Waals surface area contributed by atoms with Crippen LogP contribution in [0.5, 0.6) is 5.88 Å². The van der Waals surface area contributed by atoms with Crippen LogP contribution >= 0.6 is 0 Å². The van der Waals surface area contributed by atoms with Crippen molar-refractivity contribution in [1.82, 2.24) is 4.98 Å². The van der Waals surface area contributed by atoms with E-state index in [9.17, 15) is 26.7 Å². The van der Waals surface area contributed by atoms with Gasteiger partial charge in [-0.15, -0.1) is 13.2 Å². The quantitative estimate of drug-likeness (QED) is 0.863. The van der Waals surface area contributed by atoms with Crippen LogP contribution in [0.25, 0.3) is 0 Å². The van der Waals surface area contributed by atoms with Gasteiger partial charge in [-0.3, -0.25) is 4.79 Å². The molecule has 0 bridgehead atoms. The molecule has 1 heterocycles. The molecule has 20 heavy (non-hydrogen) atoms. The zero-order valence-corrected chi connectivity index (χ0v) is 9.41. The van der Waals surface area contributed by atoms with Gasteiger partial charge in [-0.2, -0.15) is 5.26 Å². The summed E-state index contributed by atoms with van der Waals surface area (Å²) in [5.74, 6) is -2.86. The number of halogens is 5. The molecule has 0 fully saturated rings. The standard InChI is InChI=1S/C10H5F5N2O3/c11-8(12)6-3-17-9(20-10(13,14)15)4(1-7(18)19)5(6)2-16/h3,8H,1H2,(H,18,19). The molecule has 0 aliphatic rings. The molecule has 0 amide bonds. The normalized spacial score (nSPS) is 11.2. The molecule has 0 atom stereocenters. The summed E-state index contributed by atoms with van der Waals surface area (Å²) in [5, 5.41) is 17.3. The summed E-state index contributed by atoms with van der Waals surface area (Å²) in [6.07, 6.45) is -9.15. The van der Waals surface area contributed by atoms with Crippen molar-refractivity contribution in [2.45, 2.75) is 19.2 Å². The van der Waals surface area contributed by atoms with E-state index in [4.69, 9.17) is 10.4 Å². The average Bonchev–Trinajstić information content (AvgIpc) is 2.28. The van der Waals surface area contributed by atoms with Gasteiger partial charge in [-0.25, -0.2) is 13.8 Å². The highest BCUT2D eigenvalue weighted by Crippen LogP contribution is 2.32. The molecule has 0 radical (unpaired) electrons. The zero-order valence-electron chi connectivity index (χ0n) is 9.41. The van der Waals surface area contributed by atoms with E-state index in [1.165, 1.54) is 6.07 Å². The molecule has 10 heteroatoms. The van der Waals surface area contributed by atoms with Gasteiger partial charge in [0.05, 0.1) is 17.5 Å². The predicted molar refractivity (Wildman–Crippen MR) is 51.9 cm³/mol. The molecule has 1 aromatic heterocycles. The van der Waals surface area contributed by atoms with Crippen LogP contribution < -0.4 is 4.74 Å². The van der Waals surface area contributed by atoms with Gasteiger partial charge in [-0.1, -0.05) is 0 Å². The Balaban J connectivity index is 3.46. The van der Waals surface area contributed by atoms with Gasteiger partial charge in [-0.05, 0) is 0 Å². The van der Waals surface area contributed by atoms with E-state index in [2.05, 4.69) is 9.72 Å². The van der Waals surface area contributed by atoms with E-state index in [-0.39, 0.29) is 0 Å². The van der Waals surface area contributed by atoms with Crippen LogP contribution in [-0.2, 0) is 11.2 Å². The molecule has 0 saturated carbocycles. The van der Waals surface area contributed by atoms with E-state index in [1.54, 1.807) is 0 Å². The lowest BCUT2D eigenvalue weighted by Crippen LogP contribution is -2.20. The Labute approximate surface area is 108 Å². The molecular formula is C10H5F5N2O3. The molecule has 108 valence electrons. The highest BCUT2D eigenvalue weighted by Gasteiger charge is 2.34. The fourth-order valence-corrected chi connectivity index (χ4v) is 1.36. The van der Waals surface area contributed by atoms with E-state index >= 15 is 0 Å². The van der Waals surface area contributed by atoms with Crippen molar-refractivity contribution in [2.24, 2.45) is 0 Å². The Hall–Kier alpha value is -2.44. The maximum atomic E-state index is 12.6.